The Bertz CT molecular complexity index is 274. The lowest BCUT2D eigenvalue weighted by Gasteiger charge is -2.31. The SMILES string of the molecule is CC1=C(C(C)(C)C)C(C)=C([SiH3])CC1. The molecule has 0 N–H and O–H groups in total. The van der Waals surface area contributed by atoms with E-state index < -0.39 is 0 Å². The van der Waals surface area contributed by atoms with Crippen LogP contribution in [0.3, 0.4) is 0 Å². The summed E-state index contributed by atoms with van der Waals surface area (Å²) in [6, 6.07) is 0. The van der Waals surface area contributed by atoms with Gasteiger partial charge in [0.1, 0.15) is 0 Å². The third-order valence-electron chi connectivity index (χ3n) is 3.07. The molecule has 0 aliphatic heterocycles. The van der Waals surface area contributed by atoms with Gasteiger partial charge in [-0.05, 0) is 37.7 Å². The third kappa shape index (κ3) is 2.14. The Morgan fingerprint density at radius 3 is 2.00 bits per heavy atom. The van der Waals surface area contributed by atoms with Crippen molar-refractivity contribution < 1.29 is 0 Å². The minimum Gasteiger partial charge on any atom is -0.0883 e. The van der Waals surface area contributed by atoms with Gasteiger partial charge in [0, 0.05) is 10.2 Å². The van der Waals surface area contributed by atoms with Crippen molar-refractivity contribution >= 4 is 10.2 Å². The van der Waals surface area contributed by atoms with Gasteiger partial charge in [0.2, 0.25) is 0 Å². The van der Waals surface area contributed by atoms with E-state index in [-0.39, 0.29) is 0 Å². The summed E-state index contributed by atoms with van der Waals surface area (Å²) in [7, 11) is 1.24. The number of rotatable bonds is 0. The van der Waals surface area contributed by atoms with E-state index in [4.69, 9.17) is 0 Å². The largest absolute Gasteiger partial charge is 0.0883 e. The summed E-state index contributed by atoms with van der Waals surface area (Å²) in [5.74, 6) is 0. The Kier molecular flexibility index (Phi) is 2.86. The molecule has 0 bridgehead atoms. The maximum absolute atomic E-state index is 2.33. The first-order chi connectivity index (χ1) is 5.84. The van der Waals surface area contributed by atoms with Crippen LogP contribution in [0.25, 0.3) is 0 Å². The minimum absolute atomic E-state index is 0.338. The standard InChI is InChI=1S/C12H22Si/c1-8-6-7-10(13)9(2)11(8)12(3,4)5/h6-7H2,1-5,13H3. The summed E-state index contributed by atoms with van der Waals surface area (Å²) in [5, 5.41) is 1.72. The van der Waals surface area contributed by atoms with Gasteiger partial charge in [0.15, 0.2) is 0 Å². The quantitative estimate of drug-likeness (QED) is 0.520. The number of hydrogen-bond donors (Lipinski definition) is 0. The van der Waals surface area contributed by atoms with Crippen LogP contribution >= 0.6 is 0 Å². The Labute approximate surface area is 85.5 Å². The molecule has 0 saturated heterocycles. The predicted molar refractivity (Wildman–Crippen MR) is 64.0 cm³/mol. The summed E-state index contributed by atoms with van der Waals surface area (Å²) >= 11 is 0. The molecule has 0 amide bonds. The van der Waals surface area contributed by atoms with Crippen LogP contribution in [0.2, 0.25) is 0 Å². The fourth-order valence-electron chi connectivity index (χ4n) is 2.42. The smallest absolute Gasteiger partial charge is 0.0336 e. The Morgan fingerprint density at radius 1 is 1.08 bits per heavy atom. The van der Waals surface area contributed by atoms with E-state index in [1.165, 1.54) is 23.1 Å². The van der Waals surface area contributed by atoms with Crippen LogP contribution in [-0.2, 0) is 0 Å². The lowest BCUT2D eigenvalue weighted by atomic mass is 9.76. The average molecular weight is 194 g/mol. The van der Waals surface area contributed by atoms with Crippen LogP contribution in [0.1, 0.15) is 47.5 Å². The van der Waals surface area contributed by atoms with Crippen molar-refractivity contribution in [2.45, 2.75) is 47.5 Å². The van der Waals surface area contributed by atoms with E-state index in [0.717, 1.165) is 0 Å². The summed E-state index contributed by atoms with van der Waals surface area (Å²) < 4.78 is 0. The number of allylic oxidation sites excluding steroid dienone is 4. The molecule has 0 aromatic heterocycles. The van der Waals surface area contributed by atoms with E-state index in [9.17, 15) is 0 Å². The Morgan fingerprint density at radius 2 is 1.62 bits per heavy atom. The molecule has 1 aliphatic carbocycles. The van der Waals surface area contributed by atoms with Gasteiger partial charge in [-0.3, -0.25) is 0 Å². The first-order valence-corrected chi connectivity index (χ1v) is 6.21. The second-order valence-corrected chi connectivity index (χ2v) is 6.52. The molecule has 0 heterocycles. The molecule has 13 heavy (non-hydrogen) atoms. The normalized spacial score (nSPS) is 20.1. The second-order valence-electron chi connectivity index (χ2n) is 5.31. The second kappa shape index (κ2) is 3.45. The first kappa shape index (κ1) is 10.8. The van der Waals surface area contributed by atoms with Gasteiger partial charge in [-0.1, -0.05) is 37.1 Å². The highest BCUT2D eigenvalue weighted by Crippen LogP contribution is 2.39. The van der Waals surface area contributed by atoms with Crippen molar-refractivity contribution in [1.29, 1.82) is 0 Å². The number of hydrogen-bond acceptors (Lipinski definition) is 0. The monoisotopic (exact) mass is 194 g/mol. The molecule has 1 aliphatic rings. The molecule has 0 radical (unpaired) electrons. The van der Waals surface area contributed by atoms with Crippen molar-refractivity contribution in [3.8, 4) is 0 Å². The fourth-order valence-corrected chi connectivity index (χ4v) is 2.92. The van der Waals surface area contributed by atoms with Crippen molar-refractivity contribution in [3.05, 3.63) is 21.9 Å². The molecular formula is C12H22Si. The molecule has 0 fully saturated rings. The topological polar surface area (TPSA) is 0 Å². The van der Waals surface area contributed by atoms with Gasteiger partial charge in [-0.15, -0.1) is 0 Å². The maximum Gasteiger partial charge on any atom is 0.0336 e. The highest BCUT2D eigenvalue weighted by atomic mass is 28.1. The van der Waals surface area contributed by atoms with Crippen LogP contribution in [0.5, 0.6) is 0 Å². The predicted octanol–water partition coefficient (Wildman–Crippen LogP) is 2.78. The van der Waals surface area contributed by atoms with E-state index in [0.29, 0.717) is 5.41 Å². The van der Waals surface area contributed by atoms with Gasteiger partial charge < -0.3 is 0 Å². The van der Waals surface area contributed by atoms with Gasteiger partial charge in [-0.2, -0.15) is 0 Å². The minimum atomic E-state index is 0.338. The highest BCUT2D eigenvalue weighted by Gasteiger charge is 2.24. The van der Waals surface area contributed by atoms with Gasteiger partial charge in [0.05, 0.1) is 0 Å². The van der Waals surface area contributed by atoms with E-state index >= 15 is 0 Å². The molecule has 1 rings (SSSR count). The zero-order chi connectivity index (χ0) is 10.2. The summed E-state index contributed by atoms with van der Waals surface area (Å²) in [6.45, 7) is 11.6. The van der Waals surface area contributed by atoms with E-state index in [2.05, 4.69) is 34.6 Å². The van der Waals surface area contributed by atoms with Crippen LogP contribution < -0.4 is 0 Å². The molecule has 0 unspecified atom stereocenters. The lowest BCUT2D eigenvalue weighted by molar-refractivity contribution is 0.498. The van der Waals surface area contributed by atoms with Crippen LogP contribution in [0, 0.1) is 5.41 Å². The zero-order valence-corrected chi connectivity index (χ0v) is 11.9. The van der Waals surface area contributed by atoms with E-state index in [1.807, 2.05) is 0 Å². The summed E-state index contributed by atoms with van der Waals surface area (Å²) in [6.07, 6.45) is 2.62. The molecule has 0 saturated carbocycles. The van der Waals surface area contributed by atoms with Crippen molar-refractivity contribution in [1.82, 2.24) is 0 Å². The van der Waals surface area contributed by atoms with E-state index in [1.54, 1.807) is 21.9 Å². The van der Waals surface area contributed by atoms with Crippen LogP contribution in [-0.4, -0.2) is 10.2 Å². The summed E-state index contributed by atoms with van der Waals surface area (Å²) in [5.41, 5.74) is 5.18. The molecule has 1 heteroatoms. The maximum atomic E-state index is 2.33. The molecule has 0 aromatic rings. The Hall–Kier alpha value is -0.303. The zero-order valence-electron chi connectivity index (χ0n) is 9.91. The average Bonchev–Trinajstić information content (AvgIpc) is 1.95. The third-order valence-corrected chi connectivity index (χ3v) is 4.32. The Balaban J connectivity index is 3.19. The van der Waals surface area contributed by atoms with Crippen LogP contribution in [0.15, 0.2) is 21.9 Å². The van der Waals surface area contributed by atoms with Crippen molar-refractivity contribution in [3.63, 3.8) is 0 Å². The molecule has 0 nitrogen and oxygen atoms in total. The van der Waals surface area contributed by atoms with Crippen molar-refractivity contribution in [2.24, 2.45) is 5.41 Å². The first-order valence-electron chi connectivity index (χ1n) is 5.21. The fraction of sp³-hybridized carbons (Fsp3) is 0.667. The molecule has 74 valence electrons. The molecule has 0 spiro atoms. The molecule has 0 aromatic carbocycles. The van der Waals surface area contributed by atoms with Gasteiger partial charge >= 0.3 is 0 Å². The molecular weight excluding hydrogens is 172 g/mol. The van der Waals surface area contributed by atoms with Crippen LogP contribution in [0.4, 0.5) is 0 Å². The van der Waals surface area contributed by atoms with Gasteiger partial charge in [-0.25, -0.2) is 0 Å². The van der Waals surface area contributed by atoms with Crippen molar-refractivity contribution in [2.75, 3.05) is 0 Å². The molecule has 0 atom stereocenters. The summed E-state index contributed by atoms with van der Waals surface area (Å²) in [4.78, 5) is 0. The van der Waals surface area contributed by atoms with Gasteiger partial charge in [0.25, 0.3) is 0 Å². The highest BCUT2D eigenvalue weighted by molar-refractivity contribution is 6.22. The lowest BCUT2D eigenvalue weighted by Crippen LogP contribution is -2.16.